The average molecular weight is 168 g/mol. The van der Waals surface area contributed by atoms with Gasteiger partial charge < -0.3 is 9.80 Å². The molecule has 12 heavy (non-hydrogen) atoms. The van der Waals surface area contributed by atoms with Crippen LogP contribution in [0.4, 0.5) is 0 Å². The molecule has 70 valence electrons. The first kappa shape index (κ1) is 8.52. The monoisotopic (exact) mass is 168 g/mol. The molecule has 2 aliphatic heterocycles. The molecule has 0 saturated carbocycles. The van der Waals surface area contributed by atoms with Crippen LogP contribution < -0.4 is 0 Å². The molecule has 0 bridgehead atoms. The third-order valence-corrected chi connectivity index (χ3v) is 3.52. The molecular weight excluding hydrogens is 148 g/mol. The molecule has 0 aromatic heterocycles. The predicted octanol–water partition coefficient (Wildman–Crippen LogP) is 0.890. The molecule has 2 heterocycles. The summed E-state index contributed by atoms with van der Waals surface area (Å²) in [6.45, 7) is 5.34. The van der Waals surface area contributed by atoms with Gasteiger partial charge in [0.1, 0.15) is 0 Å². The number of hydrogen-bond acceptors (Lipinski definition) is 2. The van der Waals surface area contributed by atoms with Gasteiger partial charge in [-0.2, -0.15) is 0 Å². The maximum Gasteiger partial charge on any atom is 0.00102 e. The average Bonchev–Trinajstić information content (AvgIpc) is 2.58. The van der Waals surface area contributed by atoms with Crippen molar-refractivity contribution < 1.29 is 0 Å². The molecule has 0 N–H and O–H groups in total. The second-order valence-corrected chi connectivity index (χ2v) is 4.62. The van der Waals surface area contributed by atoms with E-state index in [4.69, 9.17) is 0 Å². The second-order valence-electron chi connectivity index (χ2n) is 4.62. The minimum Gasteiger partial charge on any atom is -0.306 e. The minimum atomic E-state index is 1.000. The molecular formula is C10H20N2. The Morgan fingerprint density at radius 1 is 0.833 bits per heavy atom. The molecule has 2 aliphatic rings. The number of likely N-dealkylation sites (tertiary alicyclic amines) is 2. The molecule has 0 aliphatic carbocycles. The maximum atomic E-state index is 2.48. The third kappa shape index (κ3) is 1.64. The third-order valence-electron chi connectivity index (χ3n) is 3.52. The first-order valence-electron chi connectivity index (χ1n) is 5.13. The lowest BCUT2D eigenvalue weighted by Crippen LogP contribution is -2.22. The highest BCUT2D eigenvalue weighted by Gasteiger charge is 2.31. The van der Waals surface area contributed by atoms with Crippen LogP contribution in [0.5, 0.6) is 0 Å². The Morgan fingerprint density at radius 2 is 1.25 bits per heavy atom. The fraction of sp³-hybridized carbons (Fsp3) is 1.00. The van der Waals surface area contributed by atoms with Crippen LogP contribution >= 0.6 is 0 Å². The summed E-state index contributed by atoms with van der Waals surface area (Å²) in [5, 5.41) is 0. The van der Waals surface area contributed by atoms with Crippen LogP contribution in [0.2, 0.25) is 0 Å². The largest absolute Gasteiger partial charge is 0.306 e. The van der Waals surface area contributed by atoms with Gasteiger partial charge in [0.15, 0.2) is 0 Å². The van der Waals surface area contributed by atoms with E-state index in [1.165, 1.54) is 39.0 Å². The normalized spacial score (nSPS) is 39.5. The Hall–Kier alpha value is -0.0800. The lowest BCUT2D eigenvalue weighted by molar-refractivity contribution is 0.310. The van der Waals surface area contributed by atoms with Crippen molar-refractivity contribution in [3.8, 4) is 0 Å². The highest BCUT2D eigenvalue weighted by atomic mass is 15.1. The van der Waals surface area contributed by atoms with Gasteiger partial charge in [-0.15, -0.1) is 0 Å². The number of nitrogens with zero attached hydrogens (tertiary/aromatic N) is 2. The van der Waals surface area contributed by atoms with E-state index in [0.29, 0.717) is 0 Å². The van der Waals surface area contributed by atoms with Gasteiger partial charge in [-0.25, -0.2) is 0 Å². The van der Waals surface area contributed by atoms with E-state index in [1.54, 1.807) is 0 Å². The van der Waals surface area contributed by atoms with Crippen LogP contribution in [0.1, 0.15) is 12.8 Å². The Balaban J connectivity index is 1.85. The van der Waals surface area contributed by atoms with Crippen molar-refractivity contribution in [1.29, 1.82) is 0 Å². The van der Waals surface area contributed by atoms with Gasteiger partial charge in [-0.05, 0) is 51.9 Å². The zero-order valence-corrected chi connectivity index (χ0v) is 8.29. The van der Waals surface area contributed by atoms with Gasteiger partial charge in [0.25, 0.3) is 0 Å². The quantitative estimate of drug-likeness (QED) is 0.574. The van der Waals surface area contributed by atoms with E-state index in [1.807, 2.05) is 0 Å². The van der Waals surface area contributed by atoms with E-state index in [-0.39, 0.29) is 0 Å². The summed E-state index contributed by atoms with van der Waals surface area (Å²) in [6, 6.07) is 0. The van der Waals surface area contributed by atoms with Crippen LogP contribution in [0.15, 0.2) is 0 Å². The molecule has 2 heteroatoms. The lowest BCUT2D eigenvalue weighted by Gasteiger charge is -2.17. The molecule has 0 radical (unpaired) electrons. The summed E-state index contributed by atoms with van der Waals surface area (Å²) >= 11 is 0. The Morgan fingerprint density at radius 3 is 1.50 bits per heavy atom. The minimum absolute atomic E-state index is 1.000. The maximum absolute atomic E-state index is 2.48. The second kappa shape index (κ2) is 3.35. The summed E-state index contributed by atoms with van der Waals surface area (Å²) in [5.41, 5.74) is 0. The van der Waals surface area contributed by atoms with Crippen molar-refractivity contribution in [2.75, 3.05) is 40.3 Å². The highest BCUT2D eigenvalue weighted by Crippen LogP contribution is 2.29. The van der Waals surface area contributed by atoms with Crippen LogP contribution in [0.25, 0.3) is 0 Å². The van der Waals surface area contributed by atoms with E-state index < -0.39 is 0 Å². The Bertz CT molecular complexity index is 140. The molecule has 0 aromatic rings. The van der Waals surface area contributed by atoms with E-state index in [2.05, 4.69) is 23.9 Å². The molecule has 2 saturated heterocycles. The van der Waals surface area contributed by atoms with E-state index >= 15 is 0 Å². The molecule has 0 amide bonds. The lowest BCUT2D eigenvalue weighted by atomic mass is 9.91. The zero-order valence-electron chi connectivity index (χ0n) is 8.29. The standard InChI is InChI=1S/C10H20N2/c1-11-5-3-9(7-11)10-4-6-12(2)8-10/h9-10H,3-8H2,1-2H3. The van der Waals surface area contributed by atoms with Gasteiger partial charge in [-0.1, -0.05) is 0 Å². The van der Waals surface area contributed by atoms with Crippen LogP contribution in [-0.2, 0) is 0 Å². The van der Waals surface area contributed by atoms with Gasteiger partial charge in [0.2, 0.25) is 0 Å². The fourth-order valence-electron chi connectivity index (χ4n) is 2.71. The summed E-state index contributed by atoms with van der Waals surface area (Å²) in [7, 11) is 4.50. The first-order chi connectivity index (χ1) is 5.75. The smallest absolute Gasteiger partial charge is 0.00102 e. The van der Waals surface area contributed by atoms with Crippen molar-refractivity contribution in [3.63, 3.8) is 0 Å². The molecule has 2 rings (SSSR count). The molecule has 2 fully saturated rings. The van der Waals surface area contributed by atoms with Crippen molar-refractivity contribution in [2.45, 2.75) is 12.8 Å². The summed E-state index contributed by atoms with van der Waals surface area (Å²) < 4.78 is 0. The highest BCUT2D eigenvalue weighted by molar-refractivity contribution is 4.84. The number of rotatable bonds is 1. The van der Waals surface area contributed by atoms with Gasteiger partial charge in [0.05, 0.1) is 0 Å². The molecule has 2 atom stereocenters. The fourth-order valence-corrected chi connectivity index (χ4v) is 2.71. The predicted molar refractivity (Wildman–Crippen MR) is 51.2 cm³/mol. The molecule has 2 unspecified atom stereocenters. The van der Waals surface area contributed by atoms with Crippen molar-refractivity contribution in [3.05, 3.63) is 0 Å². The molecule has 2 nitrogen and oxygen atoms in total. The Labute approximate surface area is 75.5 Å². The summed E-state index contributed by atoms with van der Waals surface area (Å²) in [6.07, 6.45) is 2.88. The van der Waals surface area contributed by atoms with Gasteiger partial charge >= 0.3 is 0 Å². The van der Waals surface area contributed by atoms with Crippen molar-refractivity contribution in [1.82, 2.24) is 9.80 Å². The van der Waals surface area contributed by atoms with Crippen molar-refractivity contribution in [2.24, 2.45) is 11.8 Å². The summed E-state index contributed by atoms with van der Waals surface area (Å²) in [4.78, 5) is 4.95. The first-order valence-corrected chi connectivity index (χ1v) is 5.13. The SMILES string of the molecule is CN1CCC(C2CCN(C)C2)C1. The van der Waals surface area contributed by atoms with Crippen LogP contribution in [-0.4, -0.2) is 50.1 Å². The van der Waals surface area contributed by atoms with Crippen LogP contribution in [0, 0.1) is 11.8 Å². The van der Waals surface area contributed by atoms with Crippen molar-refractivity contribution >= 4 is 0 Å². The van der Waals surface area contributed by atoms with Gasteiger partial charge in [0, 0.05) is 13.1 Å². The zero-order chi connectivity index (χ0) is 8.55. The number of hydrogen-bond donors (Lipinski definition) is 0. The van der Waals surface area contributed by atoms with Gasteiger partial charge in [-0.3, -0.25) is 0 Å². The summed E-state index contributed by atoms with van der Waals surface area (Å²) in [5.74, 6) is 2.00. The molecule has 0 aromatic carbocycles. The van der Waals surface area contributed by atoms with E-state index in [9.17, 15) is 0 Å². The van der Waals surface area contributed by atoms with E-state index in [0.717, 1.165) is 11.8 Å². The Kier molecular flexibility index (Phi) is 2.37. The van der Waals surface area contributed by atoms with Crippen LogP contribution in [0.3, 0.4) is 0 Å². The molecule has 0 spiro atoms. The topological polar surface area (TPSA) is 6.48 Å².